The fraction of sp³-hybridized carbons (Fsp3) is 0.125. The van der Waals surface area contributed by atoms with Gasteiger partial charge in [-0.2, -0.15) is 0 Å². The second kappa shape index (κ2) is 7.13. The fourth-order valence-corrected chi connectivity index (χ4v) is 2.02. The maximum atomic E-state index is 13.2. The number of methoxy groups -OCH3 is 1. The van der Waals surface area contributed by atoms with Crippen molar-refractivity contribution in [1.82, 2.24) is 15.2 Å². The van der Waals surface area contributed by atoms with Crippen molar-refractivity contribution in [2.24, 2.45) is 0 Å². The number of aryl methyl sites for hydroxylation is 1. The molecule has 0 fully saturated rings. The van der Waals surface area contributed by atoms with Gasteiger partial charge in [0.2, 0.25) is 5.88 Å². The molecule has 2 N–H and O–H groups in total. The lowest BCUT2D eigenvalue weighted by Gasteiger charge is -2.07. The molecule has 0 unspecified atom stereocenters. The molecular formula is C16H13F2N5O3. The average molecular weight is 361 g/mol. The molecular weight excluding hydrogens is 348 g/mol. The van der Waals surface area contributed by atoms with Gasteiger partial charge in [-0.25, -0.2) is 13.8 Å². The Kier molecular flexibility index (Phi) is 4.74. The van der Waals surface area contributed by atoms with E-state index in [9.17, 15) is 13.6 Å². The van der Waals surface area contributed by atoms with Crippen LogP contribution >= 0.6 is 0 Å². The number of halogens is 2. The minimum absolute atomic E-state index is 0.147. The molecule has 0 radical (unpaired) electrons. The lowest BCUT2D eigenvalue weighted by Crippen LogP contribution is -2.13. The Labute approximate surface area is 146 Å². The van der Waals surface area contributed by atoms with Crippen LogP contribution in [0.1, 0.15) is 16.4 Å². The topological polar surface area (TPSA) is 102 Å². The molecule has 26 heavy (non-hydrogen) atoms. The second-order valence-corrected chi connectivity index (χ2v) is 5.11. The molecule has 10 heteroatoms. The van der Waals surface area contributed by atoms with Crippen LogP contribution in [0.4, 0.5) is 26.2 Å². The summed E-state index contributed by atoms with van der Waals surface area (Å²) < 4.78 is 36.3. The van der Waals surface area contributed by atoms with Gasteiger partial charge in [0, 0.05) is 17.8 Å². The molecule has 0 saturated heterocycles. The highest BCUT2D eigenvalue weighted by atomic mass is 19.2. The first-order valence-electron chi connectivity index (χ1n) is 7.35. The number of carbonyl (C=O) groups is 1. The lowest BCUT2D eigenvalue weighted by molar-refractivity contribution is 0.0991. The van der Waals surface area contributed by atoms with Crippen molar-refractivity contribution in [2.45, 2.75) is 6.92 Å². The van der Waals surface area contributed by atoms with Crippen LogP contribution in [-0.4, -0.2) is 28.2 Å². The molecule has 3 rings (SSSR count). The number of carbonyl (C=O) groups excluding carboxylic acids is 1. The van der Waals surface area contributed by atoms with E-state index in [0.717, 1.165) is 12.1 Å². The van der Waals surface area contributed by atoms with E-state index < -0.39 is 17.5 Å². The first-order valence-corrected chi connectivity index (χ1v) is 7.35. The predicted octanol–water partition coefficient (Wildman–Crippen LogP) is 3.06. The Morgan fingerprint density at radius 2 is 1.96 bits per heavy atom. The highest BCUT2D eigenvalue weighted by molar-refractivity contribution is 6.01. The van der Waals surface area contributed by atoms with Crippen LogP contribution in [0.5, 0.6) is 5.88 Å². The fourth-order valence-electron chi connectivity index (χ4n) is 2.02. The number of nitrogens with one attached hydrogen (secondary N) is 2. The number of hydrogen-bond donors (Lipinski definition) is 2. The highest BCUT2D eigenvalue weighted by Gasteiger charge is 2.17. The number of pyridine rings is 1. The van der Waals surface area contributed by atoms with Crippen molar-refractivity contribution in [3.63, 3.8) is 0 Å². The molecule has 2 heterocycles. The van der Waals surface area contributed by atoms with Crippen LogP contribution in [0.15, 0.2) is 34.7 Å². The molecule has 134 valence electrons. The summed E-state index contributed by atoms with van der Waals surface area (Å²) in [5.41, 5.74) is 1.18. The molecule has 8 nitrogen and oxygen atoms in total. The van der Waals surface area contributed by atoms with Gasteiger partial charge in [-0.1, -0.05) is 5.10 Å². The van der Waals surface area contributed by atoms with E-state index in [2.05, 4.69) is 25.8 Å². The molecule has 0 bridgehead atoms. The van der Waals surface area contributed by atoms with Gasteiger partial charge in [0.15, 0.2) is 11.6 Å². The Morgan fingerprint density at radius 3 is 2.65 bits per heavy atom. The SMILES string of the molecule is COc1ccc(NC(=O)c2nnc(Nc3ccc(F)c(F)c3)o2)c(C)n1. The summed E-state index contributed by atoms with van der Waals surface area (Å²) in [6.45, 7) is 1.70. The van der Waals surface area contributed by atoms with E-state index in [1.165, 1.54) is 13.2 Å². The van der Waals surface area contributed by atoms with Gasteiger partial charge in [0.05, 0.1) is 18.5 Å². The summed E-state index contributed by atoms with van der Waals surface area (Å²) >= 11 is 0. The Morgan fingerprint density at radius 1 is 1.15 bits per heavy atom. The van der Waals surface area contributed by atoms with E-state index >= 15 is 0 Å². The van der Waals surface area contributed by atoms with E-state index in [4.69, 9.17) is 9.15 Å². The zero-order chi connectivity index (χ0) is 18.7. The molecule has 3 aromatic rings. The van der Waals surface area contributed by atoms with Crippen molar-refractivity contribution in [1.29, 1.82) is 0 Å². The monoisotopic (exact) mass is 361 g/mol. The van der Waals surface area contributed by atoms with Crippen LogP contribution in [-0.2, 0) is 0 Å². The minimum Gasteiger partial charge on any atom is -0.481 e. The third kappa shape index (κ3) is 3.74. The van der Waals surface area contributed by atoms with Crippen molar-refractivity contribution >= 4 is 23.3 Å². The summed E-state index contributed by atoms with van der Waals surface area (Å²) in [7, 11) is 1.49. The number of ether oxygens (including phenoxy) is 1. The smallest absolute Gasteiger partial charge is 0.320 e. The van der Waals surface area contributed by atoms with Crippen LogP contribution in [0.25, 0.3) is 0 Å². The largest absolute Gasteiger partial charge is 0.481 e. The maximum absolute atomic E-state index is 13.2. The summed E-state index contributed by atoms with van der Waals surface area (Å²) in [5.74, 6) is -2.56. The lowest BCUT2D eigenvalue weighted by atomic mass is 10.3. The standard InChI is InChI=1S/C16H13F2N5O3/c1-8-12(5-6-13(19-8)25-2)21-14(24)15-22-23-16(26-15)20-9-3-4-10(17)11(18)7-9/h3-7H,1-2H3,(H,20,23)(H,21,24). The first kappa shape index (κ1) is 17.3. The summed E-state index contributed by atoms with van der Waals surface area (Å²) in [6, 6.07) is 6.22. The van der Waals surface area contributed by atoms with Crippen LogP contribution < -0.4 is 15.4 Å². The average Bonchev–Trinajstić information content (AvgIpc) is 3.08. The number of nitrogens with zero attached hydrogens (tertiary/aromatic N) is 3. The van der Waals surface area contributed by atoms with Crippen molar-refractivity contribution < 1.29 is 22.7 Å². The zero-order valence-electron chi connectivity index (χ0n) is 13.7. The van der Waals surface area contributed by atoms with E-state index in [0.29, 0.717) is 17.3 Å². The zero-order valence-corrected chi connectivity index (χ0v) is 13.7. The number of amides is 1. The normalized spacial score (nSPS) is 10.5. The molecule has 0 aliphatic heterocycles. The molecule has 2 aromatic heterocycles. The minimum atomic E-state index is -1.03. The second-order valence-electron chi connectivity index (χ2n) is 5.11. The molecule has 1 amide bonds. The van der Waals surface area contributed by atoms with Gasteiger partial charge in [0.1, 0.15) is 0 Å². The van der Waals surface area contributed by atoms with Gasteiger partial charge in [-0.3, -0.25) is 4.79 Å². The third-order valence-electron chi connectivity index (χ3n) is 3.31. The van der Waals surface area contributed by atoms with E-state index in [-0.39, 0.29) is 17.6 Å². The van der Waals surface area contributed by atoms with Gasteiger partial charge in [-0.05, 0) is 25.1 Å². The van der Waals surface area contributed by atoms with E-state index in [1.807, 2.05) is 0 Å². The van der Waals surface area contributed by atoms with Gasteiger partial charge < -0.3 is 19.8 Å². The third-order valence-corrected chi connectivity index (χ3v) is 3.31. The molecule has 0 aliphatic carbocycles. The predicted molar refractivity (Wildman–Crippen MR) is 87.4 cm³/mol. The van der Waals surface area contributed by atoms with Crippen LogP contribution in [0, 0.1) is 18.6 Å². The maximum Gasteiger partial charge on any atom is 0.320 e. The molecule has 0 saturated carbocycles. The van der Waals surface area contributed by atoms with Crippen LogP contribution in [0.3, 0.4) is 0 Å². The van der Waals surface area contributed by atoms with Gasteiger partial charge in [-0.15, -0.1) is 5.10 Å². The number of rotatable bonds is 5. The summed E-state index contributed by atoms with van der Waals surface area (Å²) in [5, 5.41) is 12.4. The number of aromatic nitrogens is 3. The molecule has 0 aliphatic rings. The Balaban J connectivity index is 1.70. The summed E-state index contributed by atoms with van der Waals surface area (Å²) in [6.07, 6.45) is 0. The number of hydrogen-bond acceptors (Lipinski definition) is 7. The van der Waals surface area contributed by atoms with Crippen molar-refractivity contribution in [3.8, 4) is 5.88 Å². The Bertz CT molecular complexity index is 961. The first-order chi connectivity index (χ1) is 12.5. The summed E-state index contributed by atoms with van der Waals surface area (Å²) in [4.78, 5) is 16.3. The highest BCUT2D eigenvalue weighted by Crippen LogP contribution is 2.20. The van der Waals surface area contributed by atoms with Crippen molar-refractivity contribution in [3.05, 3.63) is 53.6 Å². The van der Waals surface area contributed by atoms with Crippen molar-refractivity contribution in [2.75, 3.05) is 17.7 Å². The quantitative estimate of drug-likeness (QED) is 0.720. The molecule has 0 atom stereocenters. The van der Waals surface area contributed by atoms with E-state index in [1.54, 1.807) is 19.1 Å². The molecule has 1 aromatic carbocycles. The van der Waals surface area contributed by atoms with Crippen LogP contribution in [0.2, 0.25) is 0 Å². The van der Waals surface area contributed by atoms with Gasteiger partial charge in [0.25, 0.3) is 0 Å². The van der Waals surface area contributed by atoms with Gasteiger partial charge >= 0.3 is 17.8 Å². The number of benzene rings is 1. The Hall–Kier alpha value is -3.56. The number of anilines is 3. The molecule has 0 spiro atoms.